The minimum Gasteiger partial charge on any atom is -0.459 e. The SMILES string of the molecule is O=C(NCC1CCCN(C(=O)c2ccco2)C1)C1CCCN1. The number of hydrogen-bond donors (Lipinski definition) is 2. The minimum atomic E-state index is -0.0570. The summed E-state index contributed by atoms with van der Waals surface area (Å²) in [6.45, 7) is 3.00. The van der Waals surface area contributed by atoms with Crippen molar-refractivity contribution in [2.45, 2.75) is 31.7 Å². The van der Waals surface area contributed by atoms with Crippen LogP contribution in [0.25, 0.3) is 0 Å². The summed E-state index contributed by atoms with van der Waals surface area (Å²) in [7, 11) is 0. The van der Waals surface area contributed by atoms with Gasteiger partial charge >= 0.3 is 0 Å². The van der Waals surface area contributed by atoms with Gasteiger partial charge in [-0.25, -0.2) is 0 Å². The van der Waals surface area contributed by atoms with Crippen LogP contribution in [0.4, 0.5) is 0 Å². The lowest BCUT2D eigenvalue weighted by Gasteiger charge is -2.32. The fourth-order valence-corrected chi connectivity index (χ4v) is 3.25. The number of carbonyl (C=O) groups excluding carboxylic acids is 2. The molecule has 2 unspecified atom stereocenters. The van der Waals surface area contributed by atoms with Crippen molar-refractivity contribution in [1.82, 2.24) is 15.5 Å². The third-order valence-electron chi connectivity index (χ3n) is 4.48. The van der Waals surface area contributed by atoms with Crippen LogP contribution < -0.4 is 10.6 Å². The first kappa shape index (κ1) is 15.1. The molecule has 2 fully saturated rings. The molecule has 0 aliphatic carbocycles. The van der Waals surface area contributed by atoms with Gasteiger partial charge in [0.1, 0.15) is 0 Å². The van der Waals surface area contributed by atoms with Gasteiger partial charge < -0.3 is 20.0 Å². The minimum absolute atomic E-state index is 0.0376. The van der Waals surface area contributed by atoms with E-state index in [0.717, 1.165) is 38.8 Å². The number of amides is 2. The molecule has 2 saturated heterocycles. The lowest BCUT2D eigenvalue weighted by Crippen LogP contribution is -2.46. The molecule has 2 amide bonds. The van der Waals surface area contributed by atoms with Gasteiger partial charge in [-0.15, -0.1) is 0 Å². The summed E-state index contributed by atoms with van der Waals surface area (Å²) in [5.74, 6) is 0.739. The lowest BCUT2D eigenvalue weighted by molar-refractivity contribution is -0.123. The number of nitrogens with one attached hydrogen (secondary N) is 2. The maximum atomic E-state index is 12.3. The van der Waals surface area contributed by atoms with Crippen LogP contribution in [0.3, 0.4) is 0 Å². The predicted octanol–water partition coefficient (Wildman–Crippen LogP) is 1.000. The molecule has 6 nitrogen and oxygen atoms in total. The molecule has 0 radical (unpaired) electrons. The van der Waals surface area contributed by atoms with E-state index in [9.17, 15) is 9.59 Å². The summed E-state index contributed by atoms with van der Waals surface area (Å²) >= 11 is 0. The maximum Gasteiger partial charge on any atom is 0.289 e. The molecular formula is C16H23N3O3. The van der Waals surface area contributed by atoms with Crippen LogP contribution in [-0.2, 0) is 4.79 Å². The second-order valence-corrected chi connectivity index (χ2v) is 6.13. The highest BCUT2D eigenvalue weighted by Crippen LogP contribution is 2.18. The number of furan rings is 1. The molecule has 2 atom stereocenters. The molecule has 2 N–H and O–H groups in total. The van der Waals surface area contributed by atoms with E-state index in [1.54, 1.807) is 12.1 Å². The van der Waals surface area contributed by atoms with E-state index in [4.69, 9.17) is 4.42 Å². The number of piperidine rings is 1. The van der Waals surface area contributed by atoms with Crippen LogP contribution in [-0.4, -0.2) is 48.9 Å². The molecule has 0 aromatic carbocycles. The van der Waals surface area contributed by atoms with Crippen molar-refractivity contribution in [3.05, 3.63) is 24.2 Å². The Morgan fingerprint density at radius 1 is 1.36 bits per heavy atom. The Kier molecular flexibility index (Phi) is 4.77. The largest absolute Gasteiger partial charge is 0.459 e. The summed E-state index contributed by atoms with van der Waals surface area (Å²) in [5.41, 5.74) is 0. The Hall–Kier alpha value is -1.82. The Bertz CT molecular complexity index is 509. The van der Waals surface area contributed by atoms with Gasteiger partial charge in [-0.05, 0) is 50.3 Å². The smallest absolute Gasteiger partial charge is 0.289 e. The highest BCUT2D eigenvalue weighted by Gasteiger charge is 2.27. The van der Waals surface area contributed by atoms with Gasteiger partial charge in [-0.1, -0.05) is 0 Å². The molecule has 3 rings (SSSR count). The molecule has 0 bridgehead atoms. The average Bonchev–Trinajstić information content (AvgIpc) is 3.25. The number of carbonyl (C=O) groups is 2. The van der Waals surface area contributed by atoms with E-state index < -0.39 is 0 Å². The Balaban J connectivity index is 1.48. The third-order valence-corrected chi connectivity index (χ3v) is 4.48. The molecule has 3 heterocycles. The van der Waals surface area contributed by atoms with Crippen molar-refractivity contribution >= 4 is 11.8 Å². The van der Waals surface area contributed by atoms with E-state index in [2.05, 4.69) is 10.6 Å². The highest BCUT2D eigenvalue weighted by molar-refractivity contribution is 5.91. The van der Waals surface area contributed by atoms with E-state index >= 15 is 0 Å². The Morgan fingerprint density at radius 2 is 2.27 bits per heavy atom. The van der Waals surface area contributed by atoms with E-state index in [1.165, 1.54) is 6.26 Å². The monoisotopic (exact) mass is 305 g/mol. The van der Waals surface area contributed by atoms with Crippen molar-refractivity contribution in [2.75, 3.05) is 26.2 Å². The zero-order valence-electron chi connectivity index (χ0n) is 12.7. The zero-order valence-corrected chi connectivity index (χ0v) is 12.7. The van der Waals surface area contributed by atoms with Crippen LogP contribution in [0.1, 0.15) is 36.2 Å². The molecule has 2 aliphatic rings. The van der Waals surface area contributed by atoms with Crippen molar-refractivity contribution < 1.29 is 14.0 Å². The summed E-state index contributed by atoms with van der Waals surface area (Å²) in [4.78, 5) is 26.1. The summed E-state index contributed by atoms with van der Waals surface area (Å²) < 4.78 is 5.18. The standard InChI is InChI=1S/C16H23N3O3/c20-15(13-5-1-7-17-13)18-10-12-4-2-8-19(11-12)16(21)14-6-3-9-22-14/h3,6,9,12-13,17H,1-2,4-5,7-8,10-11H2,(H,18,20). The van der Waals surface area contributed by atoms with E-state index in [0.29, 0.717) is 24.8 Å². The molecule has 0 spiro atoms. The number of nitrogens with zero attached hydrogens (tertiary/aromatic N) is 1. The van der Waals surface area contributed by atoms with Gasteiger partial charge in [0.2, 0.25) is 5.91 Å². The summed E-state index contributed by atoms with van der Waals surface area (Å²) in [5, 5.41) is 6.23. The first-order valence-corrected chi connectivity index (χ1v) is 8.08. The quantitative estimate of drug-likeness (QED) is 0.870. The zero-order chi connectivity index (χ0) is 15.4. The summed E-state index contributed by atoms with van der Waals surface area (Å²) in [6.07, 6.45) is 5.50. The van der Waals surface area contributed by atoms with Gasteiger partial charge in [0.25, 0.3) is 5.91 Å². The molecular weight excluding hydrogens is 282 g/mol. The number of rotatable bonds is 4. The molecule has 6 heteroatoms. The van der Waals surface area contributed by atoms with Gasteiger partial charge in [0.05, 0.1) is 12.3 Å². The maximum absolute atomic E-state index is 12.3. The fraction of sp³-hybridized carbons (Fsp3) is 0.625. The normalized spacial score (nSPS) is 25.2. The average molecular weight is 305 g/mol. The van der Waals surface area contributed by atoms with Gasteiger partial charge in [-0.2, -0.15) is 0 Å². The molecule has 22 heavy (non-hydrogen) atoms. The molecule has 2 aliphatic heterocycles. The number of likely N-dealkylation sites (tertiary alicyclic amines) is 1. The topological polar surface area (TPSA) is 74.6 Å². The van der Waals surface area contributed by atoms with Gasteiger partial charge in [0.15, 0.2) is 5.76 Å². The van der Waals surface area contributed by atoms with Crippen LogP contribution in [0.5, 0.6) is 0 Å². The van der Waals surface area contributed by atoms with Crippen molar-refractivity contribution in [3.8, 4) is 0 Å². The van der Waals surface area contributed by atoms with Crippen LogP contribution in [0.15, 0.2) is 22.8 Å². The molecule has 1 aromatic heterocycles. The Labute approximate surface area is 130 Å². The van der Waals surface area contributed by atoms with Crippen LogP contribution in [0.2, 0.25) is 0 Å². The van der Waals surface area contributed by atoms with Crippen molar-refractivity contribution in [3.63, 3.8) is 0 Å². The molecule has 0 saturated carbocycles. The fourth-order valence-electron chi connectivity index (χ4n) is 3.25. The second-order valence-electron chi connectivity index (χ2n) is 6.13. The van der Waals surface area contributed by atoms with Crippen molar-refractivity contribution in [2.24, 2.45) is 5.92 Å². The lowest BCUT2D eigenvalue weighted by atomic mass is 9.97. The predicted molar refractivity (Wildman–Crippen MR) is 81.4 cm³/mol. The van der Waals surface area contributed by atoms with Crippen molar-refractivity contribution in [1.29, 1.82) is 0 Å². The van der Waals surface area contributed by atoms with Crippen LogP contribution in [0, 0.1) is 5.92 Å². The van der Waals surface area contributed by atoms with E-state index in [-0.39, 0.29) is 17.9 Å². The Morgan fingerprint density at radius 3 is 3.00 bits per heavy atom. The van der Waals surface area contributed by atoms with Gasteiger partial charge in [0, 0.05) is 19.6 Å². The third kappa shape index (κ3) is 3.50. The second kappa shape index (κ2) is 6.96. The first-order valence-electron chi connectivity index (χ1n) is 8.08. The first-order chi connectivity index (χ1) is 10.7. The van der Waals surface area contributed by atoms with E-state index in [1.807, 2.05) is 4.90 Å². The summed E-state index contributed by atoms with van der Waals surface area (Å²) in [6, 6.07) is 3.38. The molecule has 120 valence electrons. The highest BCUT2D eigenvalue weighted by atomic mass is 16.3. The number of hydrogen-bond acceptors (Lipinski definition) is 4. The van der Waals surface area contributed by atoms with Gasteiger partial charge in [-0.3, -0.25) is 9.59 Å². The van der Waals surface area contributed by atoms with Crippen LogP contribution >= 0.6 is 0 Å². The molecule has 1 aromatic rings.